The summed E-state index contributed by atoms with van der Waals surface area (Å²) in [5, 5.41) is 2.84. The highest BCUT2D eigenvalue weighted by Gasteiger charge is 2.06. The highest BCUT2D eigenvalue weighted by Crippen LogP contribution is 2.24. The molecule has 0 saturated heterocycles. The second-order valence-electron chi connectivity index (χ2n) is 5.02. The zero-order chi connectivity index (χ0) is 16.1. The first-order chi connectivity index (χ1) is 11.2. The molecule has 0 fully saturated rings. The third-order valence-electron chi connectivity index (χ3n) is 3.24. The Morgan fingerprint density at radius 3 is 2.26 bits per heavy atom. The van der Waals surface area contributed by atoms with Gasteiger partial charge in [-0.05, 0) is 48.5 Å². The van der Waals surface area contributed by atoms with E-state index < -0.39 is 0 Å². The molecule has 0 aromatic heterocycles. The summed E-state index contributed by atoms with van der Waals surface area (Å²) in [5.74, 6) is 1.21. The Hall–Kier alpha value is -3.27. The third kappa shape index (κ3) is 3.89. The summed E-state index contributed by atoms with van der Waals surface area (Å²) >= 11 is 0. The smallest absolute Gasteiger partial charge is 0.255 e. The molecule has 0 saturated carbocycles. The molecule has 0 aliphatic rings. The molecule has 0 radical (unpaired) electrons. The lowest BCUT2D eigenvalue weighted by Gasteiger charge is -2.09. The van der Waals surface area contributed by atoms with Crippen molar-refractivity contribution in [3.05, 3.63) is 84.4 Å². The number of rotatable bonds is 4. The fourth-order valence-electron chi connectivity index (χ4n) is 2.10. The predicted octanol–water partition coefficient (Wildman–Crippen LogP) is 4.31. The van der Waals surface area contributed by atoms with E-state index in [1.165, 1.54) is 0 Å². The molecule has 23 heavy (non-hydrogen) atoms. The van der Waals surface area contributed by atoms with Gasteiger partial charge >= 0.3 is 0 Å². The van der Waals surface area contributed by atoms with E-state index >= 15 is 0 Å². The lowest BCUT2D eigenvalue weighted by atomic mass is 10.2. The number of nitrogen functional groups attached to an aromatic ring is 1. The number of para-hydroxylation sites is 1. The van der Waals surface area contributed by atoms with Crippen LogP contribution in [0.25, 0.3) is 0 Å². The number of carbonyl (C=O) groups excluding carboxylic acids is 1. The van der Waals surface area contributed by atoms with Gasteiger partial charge in [0.05, 0.1) is 0 Å². The molecule has 1 amide bonds. The van der Waals surface area contributed by atoms with Crippen LogP contribution in [0.5, 0.6) is 11.5 Å². The highest BCUT2D eigenvalue weighted by atomic mass is 16.5. The predicted molar refractivity (Wildman–Crippen MR) is 91.8 cm³/mol. The molecule has 4 nitrogen and oxygen atoms in total. The van der Waals surface area contributed by atoms with Gasteiger partial charge in [0.2, 0.25) is 0 Å². The van der Waals surface area contributed by atoms with Crippen LogP contribution in [-0.4, -0.2) is 5.91 Å². The van der Waals surface area contributed by atoms with Crippen molar-refractivity contribution in [1.82, 2.24) is 0 Å². The van der Waals surface area contributed by atoms with E-state index in [-0.39, 0.29) is 5.91 Å². The Balaban J connectivity index is 1.72. The Morgan fingerprint density at radius 1 is 0.826 bits per heavy atom. The molecular formula is C19H16N2O2. The Bertz CT molecular complexity index is 799. The summed E-state index contributed by atoms with van der Waals surface area (Å²) in [4.78, 5) is 12.2. The zero-order valence-electron chi connectivity index (χ0n) is 12.4. The van der Waals surface area contributed by atoms with Gasteiger partial charge in [-0.3, -0.25) is 4.79 Å². The first-order valence-corrected chi connectivity index (χ1v) is 7.20. The molecule has 3 aromatic rings. The van der Waals surface area contributed by atoms with Gasteiger partial charge in [0.25, 0.3) is 5.91 Å². The molecule has 0 unspecified atom stereocenters. The molecule has 0 bridgehead atoms. The Labute approximate surface area is 134 Å². The van der Waals surface area contributed by atoms with Crippen molar-refractivity contribution in [2.24, 2.45) is 0 Å². The van der Waals surface area contributed by atoms with Gasteiger partial charge in [-0.2, -0.15) is 0 Å². The van der Waals surface area contributed by atoms with Crippen LogP contribution in [0.2, 0.25) is 0 Å². The van der Waals surface area contributed by atoms with Crippen molar-refractivity contribution in [1.29, 1.82) is 0 Å². The zero-order valence-corrected chi connectivity index (χ0v) is 12.4. The van der Waals surface area contributed by atoms with E-state index in [0.29, 0.717) is 22.7 Å². The number of nitrogens with two attached hydrogens (primary N) is 1. The van der Waals surface area contributed by atoms with Gasteiger partial charge in [-0.25, -0.2) is 0 Å². The van der Waals surface area contributed by atoms with E-state index in [9.17, 15) is 4.79 Å². The first-order valence-electron chi connectivity index (χ1n) is 7.20. The van der Waals surface area contributed by atoms with Crippen molar-refractivity contribution in [3.8, 4) is 11.5 Å². The van der Waals surface area contributed by atoms with Crippen molar-refractivity contribution in [3.63, 3.8) is 0 Å². The third-order valence-corrected chi connectivity index (χ3v) is 3.24. The van der Waals surface area contributed by atoms with Crippen LogP contribution in [0, 0.1) is 0 Å². The molecule has 0 atom stereocenters. The van der Waals surface area contributed by atoms with Crippen molar-refractivity contribution < 1.29 is 9.53 Å². The average Bonchev–Trinajstić information content (AvgIpc) is 2.57. The minimum absolute atomic E-state index is 0.193. The summed E-state index contributed by atoms with van der Waals surface area (Å²) in [6, 6.07) is 23.5. The van der Waals surface area contributed by atoms with Crippen molar-refractivity contribution in [2.45, 2.75) is 0 Å². The molecule has 4 heteroatoms. The second kappa shape index (κ2) is 6.66. The Kier molecular flexibility index (Phi) is 4.25. The van der Waals surface area contributed by atoms with Crippen LogP contribution in [0.3, 0.4) is 0 Å². The molecule has 3 N–H and O–H groups in total. The van der Waals surface area contributed by atoms with Crippen LogP contribution in [0.4, 0.5) is 11.4 Å². The highest BCUT2D eigenvalue weighted by molar-refractivity contribution is 6.04. The van der Waals surface area contributed by atoms with E-state index in [2.05, 4.69) is 5.32 Å². The van der Waals surface area contributed by atoms with Crippen molar-refractivity contribution >= 4 is 17.3 Å². The fourth-order valence-corrected chi connectivity index (χ4v) is 2.10. The van der Waals surface area contributed by atoms with Crippen molar-refractivity contribution in [2.75, 3.05) is 11.1 Å². The molecule has 0 heterocycles. The lowest BCUT2D eigenvalue weighted by Crippen LogP contribution is -2.11. The minimum Gasteiger partial charge on any atom is -0.457 e. The minimum atomic E-state index is -0.193. The maximum atomic E-state index is 12.2. The van der Waals surface area contributed by atoms with E-state index in [1.807, 2.05) is 48.5 Å². The molecular weight excluding hydrogens is 288 g/mol. The maximum absolute atomic E-state index is 12.2. The topological polar surface area (TPSA) is 64.4 Å². The SMILES string of the molecule is Nc1ccc(C(=O)Nc2cccc(Oc3ccccc3)c2)cc1. The summed E-state index contributed by atoms with van der Waals surface area (Å²) in [5.41, 5.74) is 7.47. The van der Waals surface area contributed by atoms with Crippen LogP contribution in [0.1, 0.15) is 10.4 Å². The number of nitrogens with one attached hydrogen (secondary N) is 1. The number of amides is 1. The Morgan fingerprint density at radius 2 is 1.52 bits per heavy atom. The van der Waals surface area contributed by atoms with E-state index in [4.69, 9.17) is 10.5 Å². The molecule has 3 rings (SSSR count). The van der Waals surface area contributed by atoms with E-state index in [1.54, 1.807) is 30.3 Å². The second-order valence-corrected chi connectivity index (χ2v) is 5.02. The van der Waals surface area contributed by atoms with Gasteiger partial charge in [0, 0.05) is 23.0 Å². The van der Waals surface area contributed by atoms with Gasteiger partial charge in [-0.1, -0.05) is 24.3 Å². The van der Waals surface area contributed by atoms with E-state index in [0.717, 1.165) is 5.75 Å². The number of benzene rings is 3. The van der Waals surface area contributed by atoms with Gasteiger partial charge in [0.15, 0.2) is 0 Å². The quantitative estimate of drug-likeness (QED) is 0.706. The van der Waals surface area contributed by atoms with Crippen LogP contribution < -0.4 is 15.8 Å². The van der Waals surface area contributed by atoms with Gasteiger partial charge < -0.3 is 15.8 Å². The van der Waals surface area contributed by atoms with Gasteiger partial charge in [0.1, 0.15) is 11.5 Å². The number of hydrogen-bond acceptors (Lipinski definition) is 3. The maximum Gasteiger partial charge on any atom is 0.255 e. The molecule has 3 aromatic carbocycles. The molecule has 114 valence electrons. The lowest BCUT2D eigenvalue weighted by molar-refractivity contribution is 0.102. The largest absolute Gasteiger partial charge is 0.457 e. The van der Waals surface area contributed by atoms with Crippen LogP contribution in [-0.2, 0) is 0 Å². The number of ether oxygens (including phenoxy) is 1. The van der Waals surface area contributed by atoms with Crippen LogP contribution >= 0.6 is 0 Å². The average molecular weight is 304 g/mol. The standard InChI is InChI=1S/C19H16N2O2/c20-15-11-9-14(10-12-15)19(22)21-16-5-4-8-18(13-16)23-17-6-2-1-3-7-17/h1-13H,20H2,(H,21,22). The normalized spacial score (nSPS) is 10.1. The molecule has 0 aliphatic carbocycles. The number of hydrogen-bond donors (Lipinski definition) is 2. The first kappa shape index (κ1) is 14.7. The molecule has 0 aliphatic heterocycles. The summed E-state index contributed by atoms with van der Waals surface area (Å²) in [6.45, 7) is 0. The number of anilines is 2. The fraction of sp³-hybridized carbons (Fsp3) is 0. The monoisotopic (exact) mass is 304 g/mol. The summed E-state index contributed by atoms with van der Waals surface area (Å²) < 4.78 is 5.75. The molecule has 0 spiro atoms. The van der Waals surface area contributed by atoms with Crippen LogP contribution in [0.15, 0.2) is 78.9 Å². The number of carbonyl (C=O) groups is 1. The summed E-state index contributed by atoms with van der Waals surface area (Å²) in [7, 11) is 0. The summed E-state index contributed by atoms with van der Waals surface area (Å²) in [6.07, 6.45) is 0. The van der Waals surface area contributed by atoms with Gasteiger partial charge in [-0.15, -0.1) is 0 Å².